The first-order valence-corrected chi connectivity index (χ1v) is 6.50. The molecule has 1 heterocycles. The van der Waals surface area contributed by atoms with Crippen molar-refractivity contribution in [3.8, 4) is 0 Å². The summed E-state index contributed by atoms with van der Waals surface area (Å²) in [5.41, 5.74) is -0.164. The zero-order chi connectivity index (χ0) is 13.6. The summed E-state index contributed by atoms with van der Waals surface area (Å²) in [6.07, 6.45) is 3.09. The Hall–Kier alpha value is -1.29. The SMILES string of the molecule is CCC(NCCC(=O)NC(C)(C)C)c1ccco1. The Balaban J connectivity index is 2.30. The van der Waals surface area contributed by atoms with Crippen molar-refractivity contribution in [2.45, 2.75) is 52.1 Å². The molecule has 0 aromatic carbocycles. The van der Waals surface area contributed by atoms with Gasteiger partial charge in [0.25, 0.3) is 0 Å². The van der Waals surface area contributed by atoms with E-state index in [0.717, 1.165) is 12.2 Å². The molecular weight excluding hydrogens is 228 g/mol. The largest absolute Gasteiger partial charge is 0.468 e. The average Bonchev–Trinajstić information content (AvgIpc) is 2.75. The third kappa shape index (κ3) is 5.36. The summed E-state index contributed by atoms with van der Waals surface area (Å²) in [5, 5.41) is 6.28. The van der Waals surface area contributed by atoms with E-state index in [1.807, 2.05) is 32.9 Å². The van der Waals surface area contributed by atoms with E-state index < -0.39 is 0 Å². The van der Waals surface area contributed by atoms with Crippen LogP contribution in [0.4, 0.5) is 0 Å². The Morgan fingerprint density at radius 2 is 2.17 bits per heavy atom. The molecule has 1 unspecified atom stereocenters. The lowest BCUT2D eigenvalue weighted by molar-refractivity contribution is -0.122. The molecule has 0 aliphatic carbocycles. The van der Waals surface area contributed by atoms with E-state index in [2.05, 4.69) is 17.6 Å². The van der Waals surface area contributed by atoms with Gasteiger partial charge in [-0.2, -0.15) is 0 Å². The second-order valence-corrected chi connectivity index (χ2v) is 5.48. The molecule has 18 heavy (non-hydrogen) atoms. The van der Waals surface area contributed by atoms with Crippen molar-refractivity contribution >= 4 is 5.91 Å². The number of furan rings is 1. The quantitative estimate of drug-likeness (QED) is 0.818. The first-order chi connectivity index (χ1) is 8.42. The topological polar surface area (TPSA) is 54.3 Å². The Labute approximate surface area is 109 Å². The minimum Gasteiger partial charge on any atom is -0.468 e. The van der Waals surface area contributed by atoms with Crippen LogP contribution < -0.4 is 10.6 Å². The molecule has 0 radical (unpaired) electrons. The summed E-state index contributed by atoms with van der Waals surface area (Å²) in [7, 11) is 0. The summed E-state index contributed by atoms with van der Waals surface area (Å²) in [6.45, 7) is 8.69. The molecule has 1 aromatic rings. The second kappa shape index (κ2) is 6.59. The molecule has 1 atom stereocenters. The number of amides is 1. The summed E-state index contributed by atoms with van der Waals surface area (Å²) < 4.78 is 5.36. The molecule has 0 aliphatic rings. The van der Waals surface area contributed by atoms with Gasteiger partial charge in [-0.1, -0.05) is 6.92 Å². The molecule has 102 valence electrons. The van der Waals surface area contributed by atoms with Crippen LogP contribution in [0.15, 0.2) is 22.8 Å². The molecular formula is C14H24N2O2. The highest BCUT2D eigenvalue weighted by atomic mass is 16.3. The van der Waals surface area contributed by atoms with E-state index >= 15 is 0 Å². The van der Waals surface area contributed by atoms with Crippen molar-refractivity contribution < 1.29 is 9.21 Å². The van der Waals surface area contributed by atoms with Crippen molar-refractivity contribution in [1.82, 2.24) is 10.6 Å². The molecule has 0 bridgehead atoms. The number of carbonyl (C=O) groups excluding carboxylic acids is 1. The number of hydrogen-bond donors (Lipinski definition) is 2. The van der Waals surface area contributed by atoms with E-state index in [1.54, 1.807) is 6.26 Å². The molecule has 0 aliphatic heterocycles. The summed E-state index contributed by atoms with van der Waals surface area (Å²) >= 11 is 0. The maximum atomic E-state index is 11.6. The first kappa shape index (κ1) is 14.8. The van der Waals surface area contributed by atoms with Crippen LogP contribution in [0.25, 0.3) is 0 Å². The first-order valence-electron chi connectivity index (χ1n) is 6.50. The van der Waals surface area contributed by atoms with E-state index in [9.17, 15) is 4.79 Å². The zero-order valence-electron chi connectivity index (χ0n) is 11.7. The van der Waals surface area contributed by atoms with E-state index in [1.165, 1.54) is 0 Å². The summed E-state index contributed by atoms with van der Waals surface area (Å²) in [4.78, 5) is 11.6. The van der Waals surface area contributed by atoms with Crippen LogP contribution >= 0.6 is 0 Å². The van der Waals surface area contributed by atoms with Crippen LogP contribution in [0.2, 0.25) is 0 Å². The van der Waals surface area contributed by atoms with Crippen LogP contribution in [0.3, 0.4) is 0 Å². The van der Waals surface area contributed by atoms with Crippen LogP contribution in [-0.4, -0.2) is 18.0 Å². The van der Waals surface area contributed by atoms with Crippen LogP contribution in [-0.2, 0) is 4.79 Å². The van der Waals surface area contributed by atoms with Gasteiger partial charge in [0.05, 0.1) is 12.3 Å². The van der Waals surface area contributed by atoms with Crippen LogP contribution in [0, 0.1) is 0 Å². The fourth-order valence-electron chi connectivity index (χ4n) is 1.78. The van der Waals surface area contributed by atoms with Crippen LogP contribution in [0.1, 0.15) is 52.3 Å². The maximum Gasteiger partial charge on any atom is 0.221 e. The molecule has 0 fully saturated rings. The molecule has 1 aromatic heterocycles. The third-order valence-corrected chi connectivity index (χ3v) is 2.55. The van der Waals surface area contributed by atoms with E-state index in [4.69, 9.17) is 4.42 Å². The molecule has 1 rings (SSSR count). The predicted octanol–water partition coefficient (Wildman–Crippen LogP) is 2.63. The second-order valence-electron chi connectivity index (χ2n) is 5.48. The van der Waals surface area contributed by atoms with Gasteiger partial charge in [-0.15, -0.1) is 0 Å². The summed E-state index contributed by atoms with van der Waals surface area (Å²) in [6, 6.07) is 4.02. The van der Waals surface area contributed by atoms with Crippen molar-refractivity contribution in [2.75, 3.05) is 6.54 Å². The minimum absolute atomic E-state index is 0.0734. The van der Waals surface area contributed by atoms with Gasteiger partial charge in [-0.3, -0.25) is 4.79 Å². The van der Waals surface area contributed by atoms with Gasteiger partial charge in [0, 0.05) is 18.5 Å². The summed E-state index contributed by atoms with van der Waals surface area (Å²) in [5.74, 6) is 0.998. The fourth-order valence-corrected chi connectivity index (χ4v) is 1.78. The Morgan fingerprint density at radius 3 is 2.67 bits per heavy atom. The highest BCUT2D eigenvalue weighted by molar-refractivity contribution is 5.76. The van der Waals surface area contributed by atoms with Gasteiger partial charge in [-0.05, 0) is 39.3 Å². The monoisotopic (exact) mass is 252 g/mol. The smallest absolute Gasteiger partial charge is 0.221 e. The molecule has 0 saturated carbocycles. The zero-order valence-corrected chi connectivity index (χ0v) is 11.7. The number of rotatable bonds is 6. The van der Waals surface area contributed by atoms with Gasteiger partial charge >= 0.3 is 0 Å². The highest BCUT2D eigenvalue weighted by Gasteiger charge is 2.15. The normalized spacial score (nSPS) is 13.3. The van der Waals surface area contributed by atoms with E-state index in [-0.39, 0.29) is 17.5 Å². The predicted molar refractivity (Wildman–Crippen MR) is 72.3 cm³/mol. The molecule has 0 saturated heterocycles. The van der Waals surface area contributed by atoms with Gasteiger partial charge in [0.2, 0.25) is 5.91 Å². The molecule has 1 amide bonds. The Morgan fingerprint density at radius 1 is 1.44 bits per heavy atom. The maximum absolute atomic E-state index is 11.6. The van der Waals surface area contributed by atoms with Gasteiger partial charge in [-0.25, -0.2) is 0 Å². The van der Waals surface area contributed by atoms with Gasteiger partial charge in [0.15, 0.2) is 0 Å². The Kier molecular flexibility index (Phi) is 5.41. The van der Waals surface area contributed by atoms with Crippen molar-refractivity contribution in [2.24, 2.45) is 0 Å². The molecule has 0 spiro atoms. The number of nitrogens with one attached hydrogen (secondary N) is 2. The highest BCUT2D eigenvalue weighted by Crippen LogP contribution is 2.16. The van der Waals surface area contributed by atoms with Crippen molar-refractivity contribution in [1.29, 1.82) is 0 Å². The van der Waals surface area contributed by atoms with E-state index in [0.29, 0.717) is 13.0 Å². The number of hydrogen-bond acceptors (Lipinski definition) is 3. The van der Waals surface area contributed by atoms with Crippen molar-refractivity contribution in [3.63, 3.8) is 0 Å². The lowest BCUT2D eigenvalue weighted by Gasteiger charge is -2.21. The molecule has 4 nitrogen and oxygen atoms in total. The number of carbonyl (C=O) groups is 1. The average molecular weight is 252 g/mol. The molecule has 2 N–H and O–H groups in total. The minimum atomic E-state index is -0.164. The van der Waals surface area contributed by atoms with Crippen molar-refractivity contribution in [3.05, 3.63) is 24.2 Å². The standard InChI is InChI=1S/C14H24N2O2/c1-5-11(12-7-6-10-18-12)15-9-8-13(17)16-14(2,3)4/h6-7,10-11,15H,5,8-9H2,1-4H3,(H,16,17). The van der Waals surface area contributed by atoms with Crippen LogP contribution in [0.5, 0.6) is 0 Å². The van der Waals surface area contributed by atoms with Gasteiger partial charge in [0.1, 0.15) is 5.76 Å². The lowest BCUT2D eigenvalue weighted by atomic mass is 10.1. The molecule has 4 heteroatoms. The lowest BCUT2D eigenvalue weighted by Crippen LogP contribution is -2.41. The Bertz CT molecular complexity index is 352. The third-order valence-electron chi connectivity index (χ3n) is 2.55. The fraction of sp³-hybridized carbons (Fsp3) is 0.643. The van der Waals surface area contributed by atoms with Gasteiger partial charge < -0.3 is 15.1 Å².